The molecule has 1 aliphatic heterocycles. The number of carbonyl (C=O) groups is 1. The molecular weight excluding hydrogens is 204 g/mol. The van der Waals surface area contributed by atoms with E-state index in [0.717, 1.165) is 0 Å². The molecule has 5 heteroatoms. The zero-order valence-corrected chi connectivity index (χ0v) is 8.63. The number of hydrogen-bond acceptors (Lipinski definition) is 3. The van der Waals surface area contributed by atoms with Gasteiger partial charge < -0.3 is 10.1 Å². The van der Waals surface area contributed by atoms with Crippen LogP contribution in [0.4, 0.5) is 8.78 Å². The second kappa shape index (κ2) is 3.70. The van der Waals surface area contributed by atoms with E-state index in [1.807, 2.05) is 0 Å². The lowest BCUT2D eigenvalue weighted by atomic mass is 9.93. The van der Waals surface area contributed by atoms with E-state index in [2.05, 4.69) is 5.32 Å². The van der Waals surface area contributed by atoms with Crippen LogP contribution in [0.2, 0.25) is 0 Å². The topological polar surface area (TPSA) is 38.3 Å². The Morgan fingerprint density at radius 1 is 1.60 bits per heavy atom. The van der Waals surface area contributed by atoms with Gasteiger partial charge in [-0.25, -0.2) is 8.78 Å². The lowest BCUT2D eigenvalue weighted by molar-refractivity contribution is -0.146. The van der Waals surface area contributed by atoms with E-state index < -0.39 is 17.9 Å². The van der Waals surface area contributed by atoms with E-state index in [1.54, 1.807) is 6.92 Å². The minimum Gasteiger partial charge on any atom is -0.465 e. The molecule has 1 saturated carbocycles. The minimum absolute atomic E-state index is 0.0973. The maximum atomic E-state index is 13.3. The van der Waals surface area contributed by atoms with Crippen LogP contribution in [0.25, 0.3) is 0 Å². The summed E-state index contributed by atoms with van der Waals surface area (Å²) in [5.74, 6) is -3.94. The molecule has 2 aliphatic rings. The predicted molar refractivity (Wildman–Crippen MR) is 49.6 cm³/mol. The number of nitrogens with one attached hydrogen (secondary N) is 1. The first-order chi connectivity index (χ1) is 7.06. The fourth-order valence-electron chi connectivity index (χ4n) is 2.65. The molecule has 1 heterocycles. The molecule has 1 N–H and O–H groups in total. The average molecular weight is 219 g/mol. The summed E-state index contributed by atoms with van der Waals surface area (Å²) in [6, 6.07) is -0.525. The Bertz CT molecular complexity index is 270. The van der Waals surface area contributed by atoms with E-state index in [4.69, 9.17) is 4.74 Å². The molecule has 0 aromatic rings. The third kappa shape index (κ3) is 1.73. The fourth-order valence-corrected chi connectivity index (χ4v) is 2.65. The van der Waals surface area contributed by atoms with Crippen LogP contribution >= 0.6 is 0 Å². The summed E-state index contributed by atoms with van der Waals surface area (Å²) in [7, 11) is 0. The Morgan fingerprint density at radius 2 is 2.33 bits per heavy atom. The molecule has 0 aromatic carbocycles. The highest BCUT2D eigenvalue weighted by atomic mass is 19.3. The lowest BCUT2D eigenvalue weighted by Crippen LogP contribution is -2.37. The Balaban J connectivity index is 2.05. The van der Waals surface area contributed by atoms with Crippen LogP contribution < -0.4 is 5.32 Å². The highest BCUT2D eigenvalue weighted by Crippen LogP contribution is 2.48. The second-order valence-electron chi connectivity index (χ2n) is 4.21. The van der Waals surface area contributed by atoms with Crippen molar-refractivity contribution >= 4 is 5.97 Å². The van der Waals surface area contributed by atoms with Gasteiger partial charge in [0.15, 0.2) is 0 Å². The van der Waals surface area contributed by atoms with Crippen molar-refractivity contribution in [1.29, 1.82) is 0 Å². The highest BCUT2D eigenvalue weighted by Gasteiger charge is 2.57. The van der Waals surface area contributed by atoms with Crippen molar-refractivity contribution in [3.05, 3.63) is 0 Å². The maximum absolute atomic E-state index is 13.3. The number of carbonyl (C=O) groups excluding carboxylic acids is 1. The number of esters is 1. The summed E-state index contributed by atoms with van der Waals surface area (Å²) in [6.45, 7) is 2.24. The molecule has 0 aromatic heterocycles. The summed E-state index contributed by atoms with van der Waals surface area (Å²) >= 11 is 0. The summed E-state index contributed by atoms with van der Waals surface area (Å²) in [6.07, 6.45) is 0.314. The van der Waals surface area contributed by atoms with Gasteiger partial charge in [0.25, 0.3) is 5.92 Å². The first-order valence-electron chi connectivity index (χ1n) is 5.34. The summed E-state index contributed by atoms with van der Waals surface area (Å²) < 4.78 is 31.5. The predicted octanol–water partition coefficient (Wildman–Crippen LogP) is 1.18. The van der Waals surface area contributed by atoms with Crippen LogP contribution in [0, 0.1) is 11.8 Å². The van der Waals surface area contributed by atoms with Gasteiger partial charge in [0.2, 0.25) is 0 Å². The molecule has 0 radical (unpaired) electrons. The lowest BCUT2D eigenvalue weighted by Gasteiger charge is -2.17. The molecule has 1 saturated heterocycles. The van der Waals surface area contributed by atoms with E-state index in [-0.39, 0.29) is 24.9 Å². The maximum Gasteiger partial charge on any atom is 0.323 e. The molecule has 3 atom stereocenters. The van der Waals surface area contributed by atoms with Crippen molar-refractivity contribution < 1.29 is 18.3 Å². The van der Waals surface area contributed by atoms with Crippen molar-refractivity contribution in [3.8, 4) is 0 Å². The largest absolute Gasteiger partial charge is 0.465 e. The Hall–Kier alpha value is -0.710. The van der Waals surface area contributed by atoms with Gasteiger partial charge in [-0.3, -0.25) is 4.79 Å². The first-order valence-corrected chi connectivity index (χ1v) is 5.34. The number of alkyl halides is 2. The molecule has 0 spiro atoms. The first kappa shape index (κ1) is 10.8. The van der Waals surface area contributed by atoms with Gasteiger partial charge >= 0.3 is 5.97 Å². The van der Waals surface area contributed by atoms with Crippen molar-refractivity contribution in [2.45, 2.75) is 31.7 Å². The minimum atomic E-state index is -2.61. The van der Waals surface area contributed by atoms with Gasteiger partial charge in [-0.15, -0.1) is 0 Å². The van der Waals surface area contributed by atoms with Gasteiger partial charge in [-0.2, -0.15) is 0 Å². The van der Waals surface area contributed by atoms with Gasteiger partial charge in [0.05, 0.1) is 6.61 Å². The van der Waals surface area contributed by atoms with E-state index in [9.17, 15) is 13.6 Å². The number of hydrogen-bond donors (Lipinski definition) is 1. The molecule has 3 nitrogen and oxygen atoms in total. The van der Waals surface area contributed by atoms with E-state index >= 15 is 0 Å². The van der Waals surface area contributed by atoms with Crippen molar-refractivity contribution in [2.24, 2.45) is 11.8 Å². The van der Waals surface area contributed by atoms with Crippen LogP contribution in [0.3, 0.4) is 0 Å². The van der Waals surface area contributed by atoms with Gasteiger partial charge in [-0.1, -0.05) is 0 Å². The molecule has 86 valence electrons. The molecule has 2 rings (SSSR count). The Kier molecular flexibility index (Phi) is 2.66. The van der Waals surface area contributed by atoms with Crippen LogP contribution in [0.15, 0.2) is 0 Å². The number of fused-ring (bicyclic) bond motifs is 1. The van der Waals surface area contributed by atoms with Crippen molar-refractivity contribution in [1.82, 2.24) is 5.32 Å². The molecule has 2 fully saturated rings. The monoisotopic (exact) mass is 219 g/mol. The molecule has 0 bridgehead atoms. The summed E-state index contributed by atoms with van der Waals surface area (Å²) in [4.78, 5) is 11.5. The highest BCUT2D eigenvalue weighted by molar-refractivity contribution is 5.76. The third-order valence-electron chi connectivity index (χ3n) is 3.40. The van der Waals surface area contributed by atoms with Gasteiger partial charge in [-0.05, 0) is 19.3 Å². The van der Waals surface area contributed by atoms with Crippen LogP contribution in [0.5, 0.6) is 0 Å². The summed E-state index contributed by atoms with van der Waals surface area (Å²) in [5.41, 5.74) is 0. The molecular formula is C10H15F2NO2. The number of halogens is 2. The smallest absolute Gasteiger partial charge is 0.323 e. The SMILES string of the molecule is CCOC(=O)C1NC[C@H]2[C@@H]1CCC2(F)F. The zero-order chi connectivity index (χ0) is 11.1. The second-order valence-corrected chi connectivity index (χ2v) is 4.21. The van der Waals surface area contributed by atoms with Crippen LogP contribution in [0.1, 0.15) is 19.8 Å². The van der Waals surface area contributed by atoms with Crippen molar-refractivity contribution in [3.63, 3.8) is 0 Å². The van der Waals surface area contributed by atoms with Gasteiger partial charge in [0.1, 0.15) is 6.04 Å². The molecule has 1 unspecified atom stereocenters. The summed E-state index contributed by atoms with van der Waals surface area (Å²) in [5, 5.41) is 2.84. The number of ether oxygens (including phenoxy) is 1. The normalized spacial score (nSPS) is 37.7. The Morgan fingerprint density at radius 3 is 3.00 bits per heavy atom. The molecule has 15 heavy (non-hydrogen) atoms. The quantitative estimate of drug-likeness (QED) is 0.709. The van der Waals surface area contributed by atoms with Gasteiger partial charge in [0, 0.05) is 18.9 Å². The van der Waals surface area contributed by atoms with Crippen LogP contribution in [-0.4, -0.2) is 31.1 Å². The van der Waals surface area contributed by atoms with E-state index in [1.165, 1.54) is 0 Å². The third-order valence-corrected chi connectivity index (χ3v) is 3.40. The fraction of sp³-hybridized carbons (Fsp3) is 0.900. The number of rotatable bonds is 2. The van der Waals surface area contributed by atoms with E-state index in [0.29, 0.717) is 13.0 Å². The standard InChI is InChI=1S/C10H15F2NO2/c1-2-15-9(14)8-6-3-4-10(11,12)7(6)5-13-8/h6-8,13H,2-5H2,1H3/t6-,7-,8?/m0/s1. The molecule has 1 aliphatic carbocycles. The Labute approximate surface area is 87.2 Å². The van der Waals surface area contributed by atoms with Crippen LogP contribution in [-0.2, 0) is 9.53 Å². The molecule has 0 amide bonds. The average Bonchev–Trinajstić information content (AvgIpc) is 2.69. The van der Waals surface area contributed by atoms with Crippen molar-refractivity contribution in [2.75, 3.05) is 13.2 Å². The zero-order valence-electron chi connectivity index (χ0n) is 8.63.